The quantitative estimate of drug-likeness (QED) is 0.611. The average molecular weight is 333 g/mol. The van der Waals surface area contributed by atoms with E-state index in [1.54, 1.807) is 42.7 Å². The van der Waals surface area contributed by atoms with E-state index in [2.05, 4.69) is 4.98 Å². The van der Waals surface area contributed by atoms with Gasteiger partial charge in [-0.3, -0.25) is 14.7 Å². The van der Waals surface area contributed by atoms with Crippen molar-refractivity contribution >= 4 is 57.6 Å². The second kappa shape index (κ2) is 5.97. The van der Waals surface area contributed by atoms with E-state index in [9.17, 15) is 4.79 Å². The first kappa shape index (κ1) is 14.3. The zero-order valence-corrected chi connectivity index (χ0v) is 13.1. The van der Waals surface area contributed by atoms with Gasteiger partial charge in [-0.2, -0.15) is 0 Å². The van der Waals surface area contributed by atoms with Crippen LogP contribution in [0.15, 0.2) is 53.7 Å². The molecule has 0 atom stereocenters. The molecule has 2 aromatic rings. The van der Waals surface area contributed by atoms with Crippen LogP contribution in [0.25, 0.3) is 6.08 Å². The molecule has 1 aromatic carbocycles. The molecule has 1 saturated heterocycles. The zero-order chi connectivity index (χ0) is 14.8. The minimum atomic E-state index is -0.129. The van der Waals surface area contributed by atoms with Crippen molar-refractivity contribution in [3.05, 3.63) is 64.3 Å². The van der Waals surface area contributed by atoms with E-state index >= 15 is 0 Å². The van der Waals surface area contributed by atoms with Gasteiger partial charge in [-0.15, -0.1) is 0 Å². The Hall–Kier alpha value is -1.69. The first-order valence-electron chi connectivity index (χ1n) is 6.09. The summed E-state index contributed by atoms with van der Waals surface area (Å²) in [5.74, 6) is -0.129. The molecule has 0 N–H and O–H groups in total. The Morgan fingerprint density at radius 2 is 2.00 bits per heavy atom. The molecule has 0 saturated carbocycles. The number of pyridine rings is 1. The molecule has 104 valence electrons. The first-order chi connectivity index (χ1) is 10.1. The standard InChI is InChI=1S/C15H9ClN2OS2/c16-11-3-5-12(6-4-11)18-14(19)13(21-15(18)20)8-10-2-1-7-17-9-10/h1-9H. The smallest absolute Gasteiger partial charge is 0.268 e. The molecule has 1 aliphatic rings. The lowest BCUT2D eigenvalue weighted by Gasteiger charge is -2.14. The first-order valence-corrected chi connectivity index (χ1v) is 7.69. The Balaban J connectivity index is 1.92. The third-order valence-corrected chi connectivity index (χ3v) is 4.41. The van der Waals surface area contributed by atoms with Crippen LogP contribution in [0.1, 0.15) is 5.56 Å². The molecule has 0 unspecified atom stereocenters. The van der Waals surface area contributed by atoms with Crippen LogP contribution in [0.5, 0.6) is 0 Å². The van der Waals surface area contributed by atoms with Gasteiger partial charge in [0, 0.05) is 17.4 Å². The molecule has 21 heavy (non-hydrogen) atoms. The summed E-state index contributed by atoms with van der Waals surface area (Å²) < 4.78 is 0.512. The fourth-order valence-electron chi connectivity index (χ4n) is 1.89. The second-order valence-corrected chi connectivity index (χ2v) is 6.39. The number of anilines is 1. The van der Waals surface area contributed by atoms with Crippen molar-refractivity contribution in [2.24, 2.45) is 0 Å². The predicted octanol–water partition coefficient (Wildman–Crippen LogP) is 4.14. The molecule has 0 bridgehead atoms. The molecule has 2 heterocycles. The molecular formula is C15H9ClN2OS2. The maximum atomic E-state index is 12.5. The lowest BCUT2D eigenvalue weighted by Crippen LogP contribution is -2.27. The number of aromatic nitrogens is 1. The topological polar surface area (TPSA) is 33.2 Å². The minimum absolute atomic E-state index is 0.129. The van der Waals surface area contributed by atoms with Gasteiger partial charge in [0.05, 0.1) is 10.6 Å². The number of carbonyl (C=O) groups is 1. The normalized spacial score (nSPS) is 16.8. The van der Waals surface area contributed by atoms with Gasteiger partial charge in [-0.05, 0) is 42.0 Å². The fourth-order valence-corrected chi connectivity index (χ4v) is 3.32. The summed E-state index contributed by atoms with van der Waals surface area (Å²) in [5, 5.41) is 0.620. The van der Waals surface area contributed by atoms with E-state index in [0.29, 0.717) is 14.2 Å². The van der Waals surface area contributed by atoms with Gasteiger partial charge in [0.15, 0.2) is 4.32 Å². The number of hydrogen-bond acceptors (Lipinski definition) is 4. The Kier molecular flexibility index (Phi) is 4.05. The number of nitrogens with zero attached hydrogens (tertiary/aromatic N) is 2. The molecule has 1 amide bonds. The van der Waals surface area contributed by atoms with E-state index in [1.165, 1.54) is 16.7 Å². The highest BCUT2D eigenvalue weighted by Crippen LogP contribution is 2.36. The maximum Gasteiger partial charge on any atom is 0.270 e. The van der Waals surface area contributed by atoms with Gasteiger partial charge < -0.3 is 0 Å². The van der Waals surface area contributed by atoms with Gasteiger partial charge in [0.2, 0.25) is 0 Å². The fraction of sp³-hybridized carbons (Fsp3) is 0. The Morgan fingerprint density at radius 1 is 1.24 bits per heavy atom. The van der Waals surface area contributed by atoms with E-state index in [4.69, 9.17) is 23.8 Å². The van der Waals surface area contributed by atoms with Crippen molar-refractivity contribution in [2.45, 2.75) is 0 Å². The van der Waals surface area contributed by atoms with Crippen LogP contribution >= 0.6 is 35.6 Å². The highest BCUT2D eigenvalue weighted by molar-refractivity contribution is 8.27. The maximum absolute atomic E-state index is 12.5. The summed E-state index contributed by atoms with van der Waals surface area (Å²) in [7, 11) is 0. The van der Waals surface area contributed by atoms with Gasteiger partial charge in [-0.1, -0.05) is 41.6 Å². The van der Waals surface area contributed by atoms with Crippen LogP contribution in [-0.4, -0.2) is 15.2 Å². The van der Waals surface area contributed by atoms with Crippen LogP contribution in [0.3, 0.4) is 0 Å². The molecule has 1 fully saturated rings. The summed E-state index contributed by atoms with van der Waals surface area (Å²) in [6, 6.07) is 10.7. The van der Waals surface area contributed by atoms with E-state index in [-0.39, 0.29) is 5.91 Å². The van der Waals surface area contributed by atoms with Crippen LogP contribution in [0.4, 0.5) is 5.69 Å². The molecule has 1 aromatic heterocycles. The molecule has 0 radical (unpaired) electrons. The van der Waals surface area contributed by atoms with E-state index in [0.717, 1.165) is 11.3 Å². The van der Waals surface area contributed by atoms with Crippen molar-refractivity contribution in [1.29, 1.82) is 0 Å². The Bertz CT molecular complexity index is 729. The van der Waals surface area contributed by atoms with E-state index < -0.39 is 0 Å². The van der Waals surface area contributed by atoms with Gasteiger partial charge >= 0.3 is 0 Å². The van der Waals surface area contributed by atoms with Crippen molar-refractivity contribution in [3.8, 4) is 0 Å². The van der Waals surface area contributed by atoms with Crippen molar-refractivity contribution in [2.75, 3.05) is 4.90 Å². The largest absolute Gasteiger partial charge is 0.270 e. The number of carbonyl (C=O) groups excluding carboxylic acids is 1. The molecule has 3 rings (SSSR count). The third kappa shape index (κ3) is 3.00. The number of hydrogen-bond donors (Lipinski definition) is 0. The average Bonchev–Trinajstić information content (AvgIpc) is 2.76. The molecule has 0 aliphatic carbocycles. The molecule has 0 spiro atoms. The highest BCUT2D eigenvalue weighted by atomic mass is 35.5. The highest BCUT2D eigenvalue weighted by Gasteiger charge is 2.33. The minimum Gasteiger partial charge on any atom is -0.268 e. The third-order valence-electron chi connectivity index (χ3n) is 2.86. The van der Waals surface area contributed by atoms with Crippen LogP contribution < -0.4 is 4.90 Å². The number of halogens is 1. The van der Waals surface area contributed by atoms with E-state index in [1.807, 2.05) is 12.1 Å². The number of amides is 1. The SMILES string of the molecule is O=C1C(=Cc2cccnc2)SC(=S)N1c1ccc(Cl)cc1. The van der Waals surface area contributed by atoms with Crippen molar-refractivity contribution in [3.63, 3.8) is 0 Å². The summed E-state index contributed by atoms with van der Waals surface area (Å²) in [4.78, 5) is 18.6. The summed E-state index contributed by atoms with van der Waals surface area (Å²) in [6.45, 7) is 0. The predicted molar refractivity (Wildman–Crippen MR) is 91.3 cm³/mol. The molecule has 1 aliphatic heterocycles. The van der Waals surface area contributed by atoms with Crippen molar-refractivity contribution < 1.29 is 4.79 Å². The Morgan fingerprint density at radius 3 is 2.67 bits per heavy atom. The number of benzene rings is 1. The summed E-state index contributed by atoms with van der Waals surface area (Å²) in [6.07, 6.45) is 5.19. The van der Waals surface area contributed by atoms with Crippen LogP contribution in [-0.2, 0) is 4.79 Å². The van der Waals surface area contributed by atoms with Crippen molar-refractivity contribution in [1.82, 2.24) is 4.98 Å². The lowest BCUT2D eigenvalue weighted by atomic mass is 10.2. The zero-order valence-electron chi connectivity index (χ0n) is 10.7. The summed E-state index contributed by atoms with van der Waals surface area (Å²) >= 11 is 12.5. The second-order valence-electron chi connectivity index (χ2n) is 4.28. The number of thiocarbonyl (C=S) groups is 1. The van der Waals surface area contributed by atoms with Gasteiger partial charge in [0.25, 0.3) is 5.91 Å². The lowest BCUT2D eigenvalue weighted by molar-refractivity contribution is -0.113. The molecular weight excluding hydrogens is 324 g/mol. The van der Waals surface area contributed by atoms with Crippen LogP contribution in [0, 0.1) is 0 Å². The molecule has 6 heteroatoms. The van der Waals surface area contributed by atoms with Crippen LogP contribution in [0.2, 0.25) is 5.02 Å². The monoisotopic (exact) mass is 332 g/mol. The van der Waals surface area contributed by atoms with Gasteiger partial charge in [0.1, 0.15) is 0 Å². The van der Waals surface area contributed by atoms with Gasteiger partial charge in [-0.25, -0.2) is 0 Å². The summed E-state index contributed by atoms with van der Waals surface area (Å²) in [5.41, 5.74) is 1.59. The Labute approximate surface area is 136 Å². The number of rotatable bonds is 2. The number of thioether (sulfide) groups is 1. The molecule has 3 nitrogen and oxygen atoms in total.